The molecule has 0 aliphatic carbocycles. The van der Waals surface area contributed by atoms with Crippen LogP contribution in [-0.4, -0.2) is 30.4 Å². The number of nitrogens with two attached hydrogens (primary N) is 1. The molecule has 1 unspecified atom stereocenters. The van der Waals surface area contributed by atoms with E-state index >= 15 is 0 Å². The fourth-order valence-corrected chi connectivity index (χ4v) is 2.14. The van der Waals surface area contributed by atoms with Crippen LogP contribution in [0.2, 0.25) is 5.02 Å². The number of nitrogens with zero attached hydrogens (tertiary/aromatic N) is 1. The highest BCUT2D eigenvalue weighted by molar-refractivity contribution is 6.30. The smallest absolute Gasteiger partial charge is 0.253 e. The van der Waals surface area contributed by atoms with Crippen molar-refractivity contribution < 1.29 is 9.18 Å². The number of hydrogen-bond acceptors (Lipinski definition) is 2. The molecule has 1 aliphatic heterocycles. The summed E-state index contributed by atoms with van der Waals surface area (Å²) in [5.74, 6) is -0.361. The van der Waals surface area contributed by atoms with Crippen molar-refractivity contribution in [2.24, 2.45) is 11.7 Å². The van der Waals surface area contributed by atoms with Crippen LogP contribution in [0.25, 0.3) is 0 Å². The van der Waals surface area contributed by atoms with Crippen molar-refractivity contribution in [1.29, 1.82) is 0 Å². The third kappa shape index (κ3) is 3.13. The van der Waals surface area contributed by atoms with E-state index in [1.807, 2.05) is 0 Å². The maximum atomic E-state index is 13.2. The van der Waals surface area contributed by atoms with E-state index in [-0.39, 0.29) is 23.3 Å². The van der Waals surface area contributed by atoms with Crippen LogP contribution in [-0.2, 0) is 0 Å². The molecular weight excluding hydrogens is 278 g/mol. The van der Waals surface area contributed by atoms with E-state index in [9.17, 15) is 9.18 Å². The van der Waals surface area contributed by atoms with Crippen LogP contribution < -0.4 is 5.73 Å². The molecule has 2 N–H and O–H groups in total. The second-order valence-electron chi connectivity index (χ2n) is 4.27. The minimum absolute atomic E-state index is 0. The summed E-state index contributed by atoms with van der Waals surface area (Å²) >= 11 is 5.57. The van der Waals surface area contributed by atoms with Crippen molar-refractivity contribution in [3.05, 3.63) is 34.6 Å². The van der Waals surface area contributed by atoms with Gasteiger partial charge in [-0.2, -0.15) is 0 Å². The highest BCUT2D eigenvalue weighted by Crippen LogP contribution is 2.20. The van der Waals surface area contributed by atoms with Gasteiger partial charge in [0.05, 0.1) is 5.02 Å². The molecule has 2 rings (SSSR count). The molecule has 1 atom stereocenters. The van der Waals surface area contributed by atoms with Gasteiger partial charge in [-0.15, -0.1) is 12.4 Å². The van der Waals surface area contributed by atoms with Gasteiger partial charge in [0.2, 0.25) is 0 Å². The molecule has 0 spiro atoms. The normalized spacial score (nSPS) is 18.6. The predicted octanol–water partition coefficient (Wildman–Crippen LogP) is 2.32. The molecule has 0 bridgehead atoms. The number of rotatable bonds is 2. The average molecular weight is 293 g/mol. The van der Waals surface area contributed by atoms with E-state index < -0.39 is 5.82 Å². The Hall–Kier alpha value is -0.840. The quantitative estimate of drug-likeness (QED) is 0.909. The minimum Gasteiger partial charge on any atom is -0.338 e. The first-order valence-corrected chi connectivity index (χ1v) is 5.94. The van der Waals surface area contributed by atoms with Crippen LogP contribution in [0.4, 0.5) is 4.39 Å². The molecule has 0 radical (unpaired) electrons. The monoisotopic (exact) mass is 292 g/mol. The van der Waals surface area contributed by atoms with E-state index in [0.717, 1.165) is 6.42 Å². The van der Waals surface area contributed by atoms with Crippen molar-refractivity contribution in [1.82, 2.24) is 4.90 Å². The Balaban J connectivity index is 0.00000162. The van der Waals surface area contributed by atoms with Crippen molar-refractivity contribution >= 4 is 29.9 Å². The number of likely N-dealkylation sites (tertiary alicyclic amines) is 1. The summed E-state index contributed by atoms with van der Waals surface area (Å²) in [5, 5.41) is 0.0304. The first-order chi connectivity index (χ1) is 8.11. The van der Waals surface area contributed by atoms with E-state index in [4.69, 9.17) is 17.3 Å². The fourth-order valence-electron chi connectivity index (χ4n) is 2.02. The molecule has 1 aromatic rings. The molecule has 1 heterocycles. The van der Waals surface area contributed by atoms with Crippen LogP contribution in [0, 0.1) is 11.7 Å². The number of halogens is 3. The Kier molecular flexibility index (Phi) is 5.38. The minimum atomic E-state index is -0.563. The van der Waals surface area contributed by atoms with Gasteiger partial charge in [0, 0.05) is 18.7 Å². The first kappa shape index (κ1) is 15.2. The molecule has 100 valence electrons. The third-order valence-corrected chi connectivity index (χ3v) is 3.38. The summed E-state index contributed by atoms with van der Waals surface area (Å²) in [7, 11) is 0. The van der Waals surface area contributed by atoms with Gasteiger partial charge in [-0.25, -0.2) is 4.39 Å². The van der Waals surface area contributed by atoms with Gasteiger partial charge in [0.1, 0.15) is 5.82 Å². The molecule has 1 saturated heterocycles. The highest BCUT2D eigenvalue weighted by atomic mass is 35.5. The Morgan fingerprint density at radius 3 is 2.83 bits per heavy atom. The standard InChI is InChI=1S/C12H14ClFN2O.ClH/c13-10-2-1-9(5-11(10)14)12(17)16-4-3-8(6-15)7-16;/h1-2,5,8H,3-4,6-7,15H2;1H. The number of amides is 1. The van der Waals surface area contributed by atoms with Gasteiger partial charge in [0.15, 0.2) is 0 Å². The van der Waals surface area contributed by atoms with Crippen LogP contribution in [0.3, 0.4) is 0 Å². The molecule has 1 amide bonds. The summed E-state index contributed by atoms with van der Waals surface area (Å²) in [4.78, 5) is 13.8. The lowest BCUT2D eigenvalue weighted by atomic mass is 10.1. The summed E-state index contributed by atoms with van der Waals surface area (Å²) in [6, 6.07) is 4.13. The Morgan fingerprint density at radius 2 is 2.28 bits per heavy atom. The number of benzene rings is 1. The Labute approximate surface area is 116 Å². The van der Waals surface area contributed by atoms with Gasteiger partial charge in [0.25, 0.3) is 5.91 Å². The zero-order valence-electron chi connectivity index (χ0n) is 9.73. The van der Waals surface area contributed by atoms with E-state index in [1.54, 1.807) is 11.0 Å². The molecule has 1 fully saturated rings. The van der Waals surface area contributed by atoms with E-state index in [1.165, 1.54) is 12.1 Å². The largest absolute Gasteiger partial charge is 0.338 e. The van der Waals surface area contributed by atoms with Crippen molar-refractivity contribution in [2.45, 2.75) is 6.42 Å². The summed E-state index contributed by atoms with van der Waals surface area (Å²) in [5.41, 5.74) is 5.90. The van der Waals surface area contributed by atoms with Crippen molar-refractivity contribution in [3.8, 4) is 0 Å². The molecular formula is C12H15Cl2FN2O. The van der Waals surface area contributed by atoms with Crippen LogP contribution in [0.1, 0.15) is 16.8 Å². The second-order valence-corrected chi connectivity index (χ2v) is 4.68. The van der Waals surface area contributed by atoms with Crippen molar-refractivity contribution in [2.75, 3.05) is 19.6 Å². The fraction of sp³-hybridized carbons (Fsp3) is 0.417. The highest BCUT2D eigenvalue weighted by Gasteiger charge is 2.26. The van der Waals surface area contributed by atoms with Gasteiger partial charge in [-0.3, -0.25) is 4.79 Å². The lowest BCUT2D eigenvalue weighted by Crippen LogP contribution is -2.29. The number of hydrogen-bond donors (Lipinski definition) is 1. The maximum Gasteiger partial charge on any atom is 0.253 e. The van der Waals surface area contributed by atoms with E-state index in [0.29, 0.717) is 31.1 Å². The second kappa shape index (κ2) is 6.36. The lowest BCUT2D eigenvalue weighted by Gasteiger charge is -2.16. The zero-order chi connectivity index (χ0) is 12.4. The molecule has 6 heteroatoms. The molecule has 3 nitrogen and oxygen atoms in total. The Bertz CT molecular complexity index is 442. The molecule has 0 saturated carbocycles. The van der Waals surface area contributed by atoms with Crippen LogP contribution in [0.5, 0.6) is 0 Å². The number of carbonyl (C=O) groups is 1. The first-order valence-electron chi connectivity index (χ1n) is 5.56. The lowest BCUT2D eigenvalue weighted by molar-refractivity contribution is 0.0787. The van der Waals surface area contributed by atoms with Crippen LogP contribution in [0.15, 0.2) is 18.2 Å². The summed E-state index contributed by atoms with van der Waals surface area (Å²) < 4.78 is 13.2. The number of carbonyl (C=O) groups excluding carboxylic acids is 1. The summed E-state index contributed by atoms with van der Waals surface area (Å²) in [6.45, 7) is 1.92. The van der Waals surface area contributed by atoms with E-state index in [2.05, 4.69) is 0 Å². The SMILES string of the molecule is Cl.NCC1CCN(C(=O)c2ccc(Cl)c(F)c2)C1. The van der Waals surface area contributed by atoms with Crippen molar-refractivity contribution in [3.63, 3.8) is 0 Å². The third-order valence-electron chi connectivity index (χ3n) is 3.07. The molecule has 18 heavy (non-hydrogen) atoms. The van der Waals surface area contributed by atoms with Gasteiger partial charge >= 0.3 is 0 Å². The van der Waals surface area contributed by atoms with Gasteiger partial charge < -0.3 is 10.6 Å². The topological polar surface area (TPSA) is 46.3 Å². The summed E-state index contributed by atoms with van der Waals surface area (Å²) in [6.07, 6.45) is 0.915. The Morgan fingerprint density at radius 1 is 1.56 bits per heavy atom. The van der Waals surface area contributed by atoms with Crippen LogP contribution >= 0.6 is 24.0 Å². The molecule has 1 aliphatic rings. The van der Waals surface area contributed by atoms with Gasteiger partial charge in [-0.05, 0) is 37.1 Å². The van der Waals surface area contributed by atoms with Gasteiger partial charge in [-0.1, -0.05) is 11.6 Å². The maximum absolute atomic E-state index is 13.2. The predicted molar refractivity (Wildman–Crippen MR) is 71.7 cm³/mol. The molecule has 0 aromatic heterocycles. The average Bonchev–Trinajstić information content (AvgIpc) is 2.80. The zero-order valence-corrected chi connectivity index (χ0v) is 11.3. The molecule has 1 aromatic carbocycles.